The molecule has 0 aliphatic rings. The number of carbonyl (C=O) groups excluding carboxylic acids is 1. The molecule has 0 amide bonds. The van der Waals surface area contributed by atoms with Gasteiger partial charge in [0.05, 0.1) is 12.2 Å². The number of hydrogen-bond acceptors (Lipinski definition) is 3. The summed E-state index contributed by atoms with van der Waals surface area (Å²) < 4.78 is 30.5. The third-order valence-electron chi connectivity index (χ3n) is 2.20. The topological polar surface area (TPSA) is 50.1 Å². The monoisotopic (exact) mass is 239 g/mol. The van der Waals surface area contributed by atoms with Crippen LogP contribution < -0.4 is 4.74 Å². The molecule has 0 heterocycles. The van der Waals surface area contributed by atoms with Gasteiger partial charge < -0.3 is 4.74 Å². The number of nitriles is 1. The predicted octanol–water partition coefficient (Wildman–Crippen LogP) is 3.10. The average Bonchev–Trinajstić information content (AvgIpc) is 2.28. The number of ether oxygens (including phenoxy) is 1. The number of hydrogen-bond donors (Lipinski definition) is 0. The molecule has 17 heavy (non-hydrogen) atoms. The molecule has 0 saturated heterocycles. The second-order valence-electron chi connectivity index (χ2n) is 3.31. The highest BCUT2D eigenvalue weighted by Crippen LogP contribution is 2.32. The Bertz CT molecular complexity index is 478. The molecule has 0 unspecified atom stereocenters. The fourth-order valence-corrected chi connectivity index (χ4v) is 1.47. The minimum absolute atomic E-state index is 0.0553. The lowest BCUT2D eigenvalue weighted by molar-refractivity contribution is 0.101. The normalized spacial score (nSPS) is 10.1. The van der Waals surface area contributed by atoms with Crippen LogP contribution in [-0.4, -0.2) is 12.4 Å². The molecular formula is C12H11F2NO2. The van der Waals surface area contributed by atoms with Crippen LogP contribution in [0.3, 0.4) is 0 Å². The van der Waals surface area contributed by atoms with Crippen LogP contribution in [0.1, 0.15) is 41.8 Å². The second kappa shape index (κ2) is 5.39. The van der Waals surface area contributed by atoms with Gasteiger partial charge in [0.1, 0.15) is 17.4 Å². The molecule has 1 aromatic rings. The van der Waals surface area contributed by atoms with Crippen LogP contribution in [0.15, 0.2) is 12.1 Å². The lowest BCUT2D eigenvalue weighted by Crippen LogP contribution is -2.05. The van der Waals surface area contributed by atoms with Crippen molar-refractivity contribution in [3.05, 3.63) is 28.8 Å². The predicted molar refractivity (Wildman–Crippen MR) is 57.3 cm³/mol. The van der Waals surface area contributed by atoms with E-state index in [0.717, 1.165) is 6.07 Å². The van der Waals surface area contributed by atoms with Gasteiger partial charge in [0.2, 0.25) is 0 Å². The molecule has 0 atom stereocenters. The summed E-state index contributed by atoms with van der Waals surface area (Å²) in [5, 5.41) is 8.91. The van der Waals surface area contributed by atoms with Crippen LogP contribution in [-0.2, 0) is 0 Å². The molecule has 3 nitrogen and oxygen atoms in total. The molecule has 0 fully saturated rings. The van der Waals surface area contributed by atoms with Gasteiger partial charge in [-0.25, -0.2) is 8.78 Å². The van der Waals surface area contributed by atoms with Crippen molar-refractivity contribution in [2.24, 2.45) is 0 Å². The smallest absolute Gasteiger partial charge is 0.265 e. The minimum Gasteiger partial charge on any atom is -0.492 e. The summed E-state index contributed by atoms with van der Waals surface area (Å²) in [4.78, 5) is 11.3. The molecule has 0 spiro atoms. The third kappa shape index (κ3) is 2.59. The van der Waals surface area contributed by atoms with E-state index in [2.05, 4.69) is 0 Å². The van der Waals surface area contributed by atoms with Crippen LogP contribution in [0, 0.1) is 11.3 Å². The van der Waals surface area contributed by atoms with Crippen molar-refractivity contribution in [3.63, 3.8) is 0 Å². The molecular weight excluding hydrogens is 228 g/mol. The van der Waals surface area contributed by atoms with Crippen molar-refractivity contribution >= 4 is 5.78 Å². The minimum atomic E-state index is -2.77. The Morgan fingerprint density at radius 3 is 2.59 bits per heavy atom. The van der Waals surface area contributed by atoms with Crippen molar-refractivity contribution in [1.82, 2.24) is 0 Å². The standard InChI is InChI=1S/C12H11F2NO2/c1-3-17-11-8(7(2)16)4-5-9(12(13)14)10(11)6-15/h4-5,12H,3H2,1-2H3. The largest absolute Gasteiger partial charge is 0.492 e. The van der Waals surface area contributed by atoms with Crippen LogP contribution in [0.5, 0.6) is 5.75 Å². The summed E-state index contributed by atoms with van der Waals surface area (Å²) in [5.74, 6) is -0.383. The zero-order chi connectivity index (χ0) is 13.0. The van der Waals surface area contributed by atoms with Gasteiger partial charge >= 0.3 is 0 Å². The van der Waals surface area contributed by atoms with E-state index in [9.17, 15) is 13.6 Å². The maximum Gasteiger partial charge on any atom is 0.265 e. The van der Waals surface area contributed by atoms with Gasteiger partial charge in [0.25, 0.3) is 6.43 Å². The number of Topliss-reactive ketones (excluding diaryl/α,β-unsaturated/α-hetero) is 1. The van der Waals surface area contributed by atoms with Crippen LogP contribution >= 0.6 is 0 Å². The Kier molecular flexibility index (Phi) is 4.16. The number of halogens is 2. The fraction of sp³-hybridized carbons (Fsp3) is 0.333. The van der Waals surface area contributed by atoms with Crippen LogP contribution in [0.4, 0.5) is 8.78 Å². The van der Waals surface area contributed by atoms with E-state index >= 15 is 0 Å². The van der Waals surface area contributed by atoms with E-state index in [1.54, 1.807) is 13.0 Å². The molecule has 0 aromatic heterocycles. The third-order valence-corrected chi connectivity index (χ3v) is 2.20. The number of carbonyl (C=O) groups is 1. The molecule has 0 aliphatic heterocycles. The van der Waals surface area contributed by atoms with Crippen molar-refractivity contribution < 1.29 is 18.3 Å². The SMILES string of the molecule is CCOc1c(C(C)=O)ccc(C(F)F)c1C#N. The summed E-state index contributed by atoms with van der Waals surface area (Å²) in [7, 11) is 0. The first-order valence-corrected chi connectivity index (χ1v) is 5.01. The Labute approximate surface area is 97.6 Å². The van der Waals surface area contributed by atoms with Gasteiger partial charge in [0, 0.05) is 5.56 Å². The van der Waals surface area contributed by atoms with Crippen molar-refractivity contribution in [2.45, 2.75) is 20.3 Å². The summed E-state index contributed by atoms with van der Waals surface area (Å²) >= 11 is 0. The first kappa shape index (κ1) is 13.1. The fourth-order valence-electron chi connectivity index (χ4n) is 1.47. The lowest BCUT2D eigenvalue weighted by Gasteiger charge is -2.12. The highest BCUT2D eigenvalue weighted by Gasteiger charge is 2.21. The maximum atomic E-state index is 12.7. The Morgan fingerprint density at radius 2 is 2.18 bits per heavy atom. The van der Waals surface area contributed by atoms with Gasteiger partial charge in [-0.3, -0.25) is 4.79 Å². The molecule has 90 valence electrons. The van der Waals surface area contributed by atoms with Gasteiger partial charge in [-0.15, -0.1) is 0 Å². The Hall–Kier alpha value is -1.96. The van der Waals surface area contributed by atoms with Gasteiger partial charge in [0.15, 0.2) is 5.78 Å². The highest BCUT2D eigenvalue weighted by atomic mass is 19.3. The molecule has 0 bridgehead atoms. The number of ketones is 1. The molecule has 0 aliphatic carbocycles. The number of nitrogens with zero attached hydrogens (tertiary/aromatic N) is 1. The van der Waals surface area contributed by atoms with E-state index in [1.807, 2.05) is 0 Å². The summed E-state index contributed by atoms with van der Waals surface area (Å²) in [6.45, 7) is 3.14. The Morgan fingerprint density at radius 1 is 1.53 bits per heavy atom. The average molecular weight is 239 g/mol. The molecule has 5 heteroatoms. The maximum absolute atomic E-state index is 12.7. The number of alkyl halides is 2. The lowest BCUT2D eigenvalue weighted by atomic mass is 10.0. The van der Waals surface area contributed by atoms with E-state index in [1.165, 1.54) is 13.0 Å². The highest BCUT2D eigenvalue weighted by molar-refractivity contribution is 5.97. The molecule has 1 rings (SSSR count). The van der Waals surface area contributed by atoms with Gasteiger partial charge in [-0.1, -0.05) is 6.07 Å². The van der Waals surface area contributed by atoms with E-state index in [-0.39, 0.29) is 29.3 Å². The molecule has 0 radical (unpaired) electrons. The Balaban J connectivity index is 3.50. The zero-order valence-corrected chi connectivity index (χ0v) is 9.46. The number of rotatable bonds is 4. The second-order valence-corrected chi connectivity index (χ2v) is 3.31. The van der Waals surface area contributed by atoms with Crippen LogP contribution in [0.2, 0.25) is 0 Å². The summed E-state index contributed by atoms with van der Waals surface area (Å²) in [6.07, 6.45) is -2.77. The van der Waals surface area contributed by atoms with Crippen molar-refractivity contribution in [2.75, 3.05) is 6.61 Å². The van der Waals surface area contributed by atoms with E-state index in [0.29, 0.717) is 0 Å². The first-order chi connectivity index (χ1) is 8.02. The number of benzene rings is 1. The molecule has 0 N–H and O–H groups in total. The van der Waals surface area contributed by atoms with Crippen molar-refractivity contribution in [3.8, 4) is 11.8 Å². The summed E-state index contributed by atoms with van der Waals surface area (Å²) in [6, 6.07) is 4.01. The molecule has 0 saturated carbocycles. The van der Waals surface area contributed by atoms with Crippen LogP contribution in [0.25, 0.3) is 0 Å². The van der Waals surface area contributed by atoms with E-state index in [4.69, 9.17) is 10.00 Å². The van der Waals surface area contributed by atoms with Crippen molar-refractivity contribution in [1.29, 1.82) is 5.26 Å². The van der Waals surface area contributed by atoms with Gasteiger partial charge in [-0.05, 0) is 19.9 Å². The zero-order valence-electron chi connectivity index (χ0n) is 9.46. The summed E-state index contributed by atoms with van der Waals surface area (Å²) in [5.41, 5.74) is -0.539. The first-order valence-electron chi connectivity index (χ1n) is 5.01. The van der Waals surface area contributed by atoms with E-state index < -0.39 is 12.0 Å². The molecule has 1 aromatic carbocycles. The van der Waals surface area contributed by atoms with Gasteiger partial charge in [-0.2, -0.15) is 5.26 Å². The quantitative estimate of drug-likeness (QED) is 0.758.